The summed E-state index contributed by atoms with van der Waals surface area (Å²) >= 11 is 1.78. The van der Waals surface area contributed by atoms with Crippen molar-refractivity contribution >= 4 is 52.7 Å². The molecule has 0 bridgehead atoms. The topological polar surface area (TPSA) is 69.4 Å². The van der Waals surface area contributed by atoms with E-state index in [1.807, 2.05) is 19.2 Å². The number of pyridine rings is 1. The number of aromatic amines is 2. The predicted octanol–water partition coefficient (Wildman–Crippen LogP) is 7.32. The summed E-state index contributed by atoms with van der Waals surface area (Å²) in [5.41, 5.74) is 8.97. The Labute approximate surface area is 222 Å². The van der Waals surface area contributed by atoms with E-state index in [4.69, 9.17) is 0 Å². The molecule has 3 N–H and O–H groups in total. The zero-order valence-corrected chi connectivity index (χ0v) is 22.6. The van der Waals surface area contributed by atoms with Gasteiger partial charge in [-0.2, -0.15) is 5.10 Å². The summed E-state index contributed by atoms with van der Waals surface area (Å²) < 4.78 is 1.22. The van der Waals surface area contributed by atoms with Crippen LogP contribution in [0.1, 0.15) is 25.3 Å². The standard InChI is InChI=1S/C30H28N5PS/c1-4-18(13-21(5-2)32-17(3)19-9-10-19)20-14-24-29(34-35-30(24)31-16-20)26-15-23-22(7-6-8-25(23)33-26)27-11-12-28(36)37-27/h4-8,11-16,19,32-33H,2-3,9-10,36H2,1H3,(H,31,34,35)/b18-4+,21-13+. The molecule has 6 rings (SSSR count). The van der Waals surface area contributed by atoms with Gasteiger partial charge in [-0.15, -0.1) is 11.3 Å². The van der Waals surface area contributed by atoms with Gasteiger partial charge in [0.15, 0.2) is 5.65 Å². The van der Waals surface area contributed by atoms with Crippen molar-refractivity contribution in [1.82, 2.24) is 25.5 Å². The van der Waals surface area contributed by atoms with Gasteiger partial charge < -0.3 is 10.3 Å². The fraction of sp³-hybridized carbons (Fsp3) is 0.133. The van der Waals surface area contributed by atoms with Gasteiger partial charge in [0.05, 0.1) is 11.4 Å². The molecule has 4 aromatic heterocycles. The summed E-state index contributed by atoms with van der Waals surface area (Å²) in [6.45, 7) is 10.2. The molecule has 1 unspecified atom stereocenters. The van der Waals surface area contributed by atoms with Gasteiger partial charge in [0, 0.05) is 54.5 Å². The summed E-state index contributed by atoms with van der Waals surface area (Å²) in [5.74, 6) is 0.573. The van der Waals surface area contributed by atoms with Crippen LogP contribution in [0.25, 0.3) is 49.3 Å². The van der Waals surface area contributed by atoms with Gasteiger partial charge in [0.1, 0.15) is 0 Å². The molecule has 0 spiro atoms. The molecule has 1 atom stereocenters. The minimum Gasteiger partial charge on any atom is -0.359 e. The van der Waals surface area contributed by atoms with E-state index < -0.39 is 0 Å². The number of hydrogen-bond donors (Lipinski definition) is 3. The molecular formula is C30H28N5PS. The van der Waals surface area contributed by atoms with E-state index in [1.54, 1.807) is 11.3 Å². The average Bonchev–Trinajstić information content (AvgIpc) is 3.32. The van der Waals surface area contributed by atoms with Gasteiger partial charge in [-0.1, -0.05) is 40.6 Å². The Morgan fingerprint density at radius 2 is 2.05 bits per heavy atom. The van der Waals surface area contributed by atoms with Crippen molar-refractivity contribution in [3.63, 3.8) is 0 Å². The predicted molar refractivity (Wildman–Crippen MR) is 161 cm³/mol. The molecule has 1 aliphatic rings. The van der Waals surface area contributed by atoms with Crippen LogP contribution in [0.15, 0.2) is 91.4 Å². The molecule has 0 radical (unpaired) electrons. The van der Waals surface area contributed by atoms with Crippen LogP contribution in [0.5, 0.6) is 0 Å². The number of benzene rings is 1. The van der Waals surface area contributed by atoms with Crippen molar-refractivity contribution in [3.05, 3.63) is 97.0 Å². The maximum atomic E-state index is 4.66. The fourth-order valence-corrected chi connectivity index (χ4v) is 5.92. The van der Waals surface area contributed by atoms with Crippen LogP contribution < -0.4 is 9.94 Å². The third-order valence-electron chi connectivity index (χ3n) is 6.79. The summed E-state index contributed by atoms with van der Waals surface area (Å²) in [6.07, 6.45) is 10.3. The smallest absolute Gasteiger partial charge is 0.181 e. The molecular weight excluding hydrogens is 493 g/mol. The monoisotopic (exact) mass is 521 g/mol. The van der Waals surface area contributed by atoms with E-state index in [1.165, 1.54) is 33.3 Å². The highest BCUT2D eigenvalue weighted by Crippen LogP contribution is 2.36. The van der Waals surface area contributed by atoms with E-state index in [2.05, 4.69) is 102 Å². The van der Waals surface area contributed by atoms with Gasteiger partial charge in [0.25, 0.3) is 0 Å². The first kappa shape index (κ1) is 23.7. The van der Waals surface area contributed by atoms with Crippen molar-refractivity contribution in [1.29, 1.82) is 0 Å². The summed E-state index contributed by atoms with van der Waals surface area (Å²) in [6, 6.07) is 15.0. The molecule has 7 heteroatoms. The van der Waals surface area contributed by atoms with Crippen LogP contribution in [0.2, 0.25) is 0 Å². The van der Waals surface area contributed by atoms with Crippen LogP contribution in [0.3, 0.4) is 0 Å². The number of hydrogen-bond acceptors (Lipinski definition) is 4. The first-order chi connectivity index (χ1) is 18.0. The molecule has 4 heterocycles. The molecule has 5 nitrogen and oxygen atoms in total. The van der Waals surface area contributed by atoms with E-state index in [0.717, 1.165) is 44.8 Å². The van der Waals surface area contributed by atoms with Gasteiger partial charge in [-0.25, -0.2) is 4.98 Å². The zero-order chi connectivity index (χ0) is 25.5. The van der Waals surface area contributed by atoms with Crippen molar-refractivity contribution < 1.29 is 0 Å². The van der Waals surface area contributed by atoms with Gasteiger partial charge in [-0.3, -0.25) is 5.10 Å². The second-order valence-electron chi connectivity index (χ2n) is 9.32. The number of nitrogens with zero attached hydrogens (tertiary/aromatic N) is 2. The Hall–Kier alpha value is -3.73. The molecule has 0 saturated heterocycles. The number of allylic oxidation sites excluding steroid dienone is 5. The first-order valence-electron chi connectivity index (χ1n) is 12.3. The molecule has 1 aliphatic carbocycles. The third kappa shape index (κ3) is 4.59. The van der Waals surface area contributed by atoms with Crippen molar-refractivity contribution in [2.45, 2.75) is 19.8 Å². The highest BCUT2D eigenvalue weighted by molar-refractivity contribution is 7.44. The van der Waals surface area contributed by atoms with Crippen LogP contribution in [-0.4, -0.2) is 20.2 Å². The molecule has 0 amide bonds. The van der Waals surface area contributed by atoms with E-state index in [0.29, 0.717) is 11.6 Å². The van der Waals surface area contributed by atoms with Crippen molar-refractivity contribution in [2.24, 2.45) is 5.92 Å². The molecule has 37 heavy (non-hydrogen) atoms. The Bertz CT molecular complexity index is 1730. The lowest BCUT2D eigenvalue weighted by Gasteiger charge is -2.11. The molecule has 184 valence electrons. The molecule has 1 saturated carbocycles. The molecule has 1 fully saturated rings. The normalized spacial score (nSPS) is 14.4. The maximum absolute atomic E-state index is 4.66. The Morgan fingerprint density at radius 3 is 2.78 bits per heavy atom. The third-order valence-corrected chi connectivity index (χ3v) is 8.28. The second-order valence-corrected chi connectivity index (χ2v) is 11.5. The Kier molecular flexibility index (Phi) is 6.15. The Balaban J connectivity index is 1.39. The van der Waals surface area contributed by atoms with Crippen LogP contribution in [0.4, 0.5) is 0 Å². The minimum absolute atomic E-state index is 0.573. The number of rotatable bonds is 8. The fourth-order valence-electron chi connectivity index (χ4n) is 4.63. The summed E-state index contributed by atoms with van der Waals surface area (Å²) in [5, 5.41) is 13.3. The van der Waals surface area contributed by atoms with Gasteiger partial charge in [-0.05, 0) is 73.7 Å². The van der Waals surface area contributed by atoms with Crippen LogP contribution >= 0.6 is 20.6 Å². The SMILES string of the molecule is C=C/C(=C\C(=C/C)c1cnc2n[nH]c(-c3cc4c(-c5ccc(P)s5)cccc4[nH]3)c2c1)NC(=C)C1CC1. The zero-order valence-electron chi connectivity index (χ0n) is 20.6. The van der Waals surface area contributed by atoms with E-state index in [9.17, 15) is 0 Å². The van der Waals surface area contributed by atoms with Crippen LogP contribution in [-0.2, 0) is 0 Å². The number of fused-ring (bicyclic) bond motifs is 2. The highest BCUT2D eigenvalue weighted by Gasteiger charge is 2.24. The van der Waals surface area contributed by atoms with E-state index in [-0.39, 0.29) is 0 Å². The average molecular weight is 522 g/mol. The largest absolute Gasteiger partial charge is 0.359 e. The van der Waals surface area contributed by atoms with Gasteiger partial charge in [0.2, 0.25) is 0 Å². The van der Waals surface area contributed by atoms with E-state index >= 15 is 0 Å². The second kappa shape index (κ2) is 9.62. The minimum atomic E-state index is 0.573. The molecule has 0 aliphatic heterocycles. The lowest BCUT2D eigenvalue weighted by molar-refractivity contribution is 0.865. The van der Waals surface area contributed by atoms with Crippen molar-refractivity contribution in [2.75, 3.05) is 0 Å². The highest BCUT2D eigenvalue weighted by atomic mass is 32.1. The molecule has 5 aromatic rings. The number of aromatic nitrogens is 4. The number of H-pyrrole nitrogens is 2. The van der Waals surface area contributed by atoms with Gasteiger partial charge >= 0.3 is 0 Å². The van der Waals surface area contributed by atoms with Crippen molar-refractivity contribution in [3.8, 4) is 21.8 Å². The lowest BCUT2D eigenvalue weighted by Crippen LogP contribution is -2.11. The van der Waals surface area contributed by atoms with Crippen LogP contribution in [0, 0.1) is 5.92 Å². The first-order valence-corrected chi connectivity index (χ1v) is 13.7. The summed E-state index contributed by atoms with van der Waals surface area (Å²) in [4.78, 5) is 9.50. The number of thiophene rings is 1. The quantitative estimate of drug-likeness (QED) is 0.148. The summed E-state index contributed by atoms with van der Waals surface area (Å²) in [7, 11) is 2.79. The maximum Gasteiger partial charge on any atom is 0.181 e. The number of nitrogens with one attached hydrogen (secondary N) is 3. The molecule has 1 aromatic carbocycles. The lowest BCUT2D eigenvalue weighted by atomic mass is 10.0. The Morgan fingerprint density at radius 1 is 1.19 bits per heavy atom.